The second-order valence-corrected chi connectivity index (χ2v) is 27.0. The number of hydrogen-bond acceptors (Lipinski definition) is 12. The maximum Gasteiger partial charge on any atom is 0.246 e. The molecule has 0 aromatic rings. The molecule has 1 unspecified atom stereocenters. The van der Waals surface area contributed by atoms with E-state index < -0.39 is 155 Å². The Labute approximate surface area is 515 Å². The molecule has 1 aliphatic rings. The van der Waals surface area contributed by atoms with Gasteiger partial charge in [-0.05, 0) is 100 Å². The predicted molar refractivity (Wildman–Crippen MR) is 333 cm³/mol. The quantitative estimate of drug-likeness (QED) is 0.147. The summed E-state index contributed by atoms with van der Waals surface area (Å²) in [6.45, 7) is 31.1. The Bertz CT molecular complexity index is 2370. The van der Waals surface area contributed by atoms with E-state index in [-0.39, 0.29) is 62.2 Å². The average Bonchev–Trinajstić information content (AvgIpc) is 2.05. The van der Waals surface area contributed by atoms with Crippen molar-refractivity contribution in [3.05, 3.63) is 12.2 Å². The smallest absolute Gasteiger partial charge is 0.246 e. The molecule has 23 nitrogen and oxygen atoms in total. The van der Waals surface area contributed by atoms with Crippen molar-refractivity contribution in [2.24, 2.45) is 40.9 Å². The first-order chi connectivity index (χ1) is 39.5. The van der Waals surface area contributed by atoms with Gasteiger partial charge in [-0.15, -0.1) is 0 Å². The van der Waals surface area contributed by atoms with E-state index >= 15 is 9.59 Å². The summed E-state index contributed by atoms with van der Waals surface area (Å²) in [7, 11) is 9.92. The number of nitrogens with one attached hydrogen (secondary N) is 4. The summed E-state index contributed by atoms with van der Waals surface area (Å²) >= 11 is 0. The van der Waals surface area contributed by atoms with Crippen molar-refractivity contribution in [3.63, 3.8) is 0 Å². The van der Waals surface area contributed by atoms with Crippen LogP contribution < -0.4 is 21.3 Å². The number of aliphatic hydroxyl groups excluding tert-OH is 1. The molecule has 86 heavy (non-hydrogen) atoms. The number of carbonyl (C=O) groups excluding carboxylic acids is 11. The topological polar surface area (TPSA) is 279 Å². The van der Waals surface area contributed by atoms with Gasteiger partial charge in [0.15, 0.2) is 0 Å². The number of carbonyl (C=O) groups is 11. The van der Waals surface area contributed by atoms with Crippen molar-refractivity contribution >= 4 is 65.0 Å². The van der Waals surface area contributed by atoms with Crippen LogP contribution in [-0.4, -0.2) is 227 Å². The van der Waals surface area contributed by atoms with Crippen LogP contribution in [0.4, 0.5) is 0 Å². The lowest BCUT2D eigenvalue weighted by molar-refractivity contribution is -0.158. The molecule has 0 aromatic carbocycles. The second-order valence-electron chi connectivity index (χ2n) is 27.0. The number of amides is 11. The van der Waals surface area contributed by atoms with E-state index in [1.807, 2.05) is 61.5 Å². The molecule has 11 atom stereocenters. The number of aliphatic hydroxyl groups is 1. The zero-order chi connectivity index (χ0) is 66.9. The lowest BCUT2D eigenvalue weighted by atomic mass is 9.78. The van der Waals surface area contributed by atoms with E-state index in [0.717, 1.165) is 9.80 Å². The number of rotatable bonds is 15. The van der Waals surface area contributed by atoms with Crippen molar-refractivity contribution < 1.29 is 57.8 Å². The summed E-state index contributed by atoms with van der Waals surface area (Å²) in [5.41, 5.74) is -1.05. The van der Waals surface area contributed by atoms with Gasteiger partial charge in [0.25, 0.3) is 0 Å². The van der Waals surface area contributed by atoms with E-state index in [2.05, 4.69) is 21.3 Å². The SMILES string of the molecule is C/C=C/CC(C)(C)[C@@H](O)C1C(=O)N[C@@H](CC)C(=O)N(C)CC(=O)N(C)[C@@H](CC(C)C)C(=O)N[C@@H](C(C)C)C(=O)N(C)[C@@H](CC(C)C)C(=O)N[C@@H](C)C(=O)N[C@H](C)C(=O)N(C)[C@H](CC(C)C)C(=O)N(C)[C@@H](CC(C)C)C(=O)N(C)[C@@H](C(C)C)C(=O)N1C. The summed E-state index contributed by atoms with van der Waals surface area (Å²) in [5.74, 6) is -9.15. The minimum Gasteiger partial charge on any atom is -0.390 e. The maximum atomic E-state index is 15.2. The molecule has 492 valence electrons. The predicted octanol–water partition coefficient (Wildman–Crippen LogP) is 3.66. The third-order valence-corrected chi connectivity index (χ3v) is 16.4. The number of allylic oxidation sites excluding steroid dienone is 2. The van der Waals surface area contributed by atoms with Crippen LogP contribution in [0.2, 0.25) is 0 Å². The Morgan fingerprint density at radius 2 is 0.884 bits per heavy atom. The van der Waals surface area contributed by atoms with Gasteiger partial charge >= 0.3 is 0 Å². The first-order valence-electron chi connectivity index (χ1n) is 30.9. The van der Waals surface area contributed by atoms with Gasteiger partial charge in [-0.1, -0.05) is 116 Å². The highest BCUT2D eigenvalue weighted by molar-refractivity contribution is 5.99. The monoisotopic (exact) mass is 1220 g/mol. The van der Waals surface area contributed by atoms with Crippen LogP contribution >= 0.6 is 0 Å². The van der Waals surface area contributed by atoms with E-state index in [0.29, 0.717) is 0 Å². The highest BCUT2D eigenvalue weighted by atomic mass is 16.3. The van der Waals surface area contributed by atoms with Crippen molar-refractivity contribution in [2.75, 3.05) is 55.9 Å². The fraction of sp³-hybridized carbons (Fsp3) is 0.794. The molecule has 0 radical (unpaired) electrons. The molecule has 1 saturated heterocycles. The molecule has 11 amide bonds. The number of hydrogen-bond donors (Lipinski definition) is 5. The molecule has 23 heteroatoms. The highest BCUT2D eigenvalue weighted by Crippen LogP contribution is 2.32. The van der Waals surface area contributed by atoms with Crippen molar-refractivity contribution in [1.29, 1.82) is 0 Å². The van der Waals surface area contributed by atoms with Crippen LogP contribution in [0, 0.1) is 40.9 Å². The molecular weight excluding hydrogens is 1100 g/mol. The normalized spacial score (nSPS) is 26.6. The summed E-state index contributed by atoms with van der Waals surface area (Å²) < 4.78 is 0. The van der Waals surface area contributed by atoms with Crippen molar-refractivity contribution in [2.45, 2.75) is 230 Å². The number of likely N-dealkylation sites (N-methyl/N-ethyl adjacent to an activating group) is 7. The van der Waals surface area contributed by atoms with Crippen LogP contribution in [0.3, 0.4) is 0 Å². The highest BCUT2D eigenvalue weighted by Gasteiger charge is 2.47. The Morgan fingerprint density at radius 1 is 0.477 bits per heavy atom. The molecule has 1 rings (SSSR count). The summed E-state index contributed by atoms with van der Waals surface area (Å²) in [6.07, 6.45) is 2.95. The fourth-order valence-corrected chi connectivity index (χ4v) is 10.8. The zero-order valence-electron chi connectivity index (χ0n) is 57.0. The molecule has 0 bridgehead atoms. The first-order valence-corrected chi connectivity index (χ1v) is 30.9. The molecular formula is C63H113N11O12. The Morgan fingerprint density at radius 3 is 1.33 bits per heavy atom. The van der Waals surface area contributed by atoms with Crippen molar-refractivity contribution in [1.82, 2.24) is 55.6 Å². The van der Waals surface area contributed by atoms with Crippen LogP contribution in [0.25, 0.3) is 0 Å². The van der Waals surface area contributed by atoms with Gasteiger partial charge in [-0.2, -0.15) is 0 Å². The number of nitrogens with zero attached hydrogens (tertiary/aromatic N) is 7. The minimum absolute atomic E-state index is 0.0168. The van der Waals surface area contributed by atoms with Gasteiger partial charge in [-0.3, -0.25) is 52.7 Å². The molecule has 1 fully saturated rings. The van der Waals surface area contributed by atoms with E-state index in [4.69, 9.17) is 0 Å². The second kappa shape index (κ2) is 34.4. The minimum atomic E-state index is -1.64. The Kier molecular flexibility index (Phi) is 31.2. The van der Waals surface area contributed by atoms with Gasteiger partial charge in [0.1, 0.15) is 60.4 Å². The lowest BCUT2D eigenvalue weighted by Gasteiger charge is -2.43. The molecule has 0 aromatic heterocycles. The summed E-state index contributed by atoms with van der Waals surface area (Å²) in [4.78, 5) is 169. The molecule has 1 aliphatic heterocycles. The molecule has 0 saturated carbocycles. The van der Waals surface area contributed by atoms with Crippen molar-refractivity contribution in [3.8, 4) is 0 Å². The van der Waals surface area contributed by atoms with E-state index in [9.17, 15) is 48.3 Å². The van der Waals surface area contributed by atoms with Gasteiger partial charge < -0.3 is 60.7 Å². The largest absolute Gasteiger partial charge is 0.390 e. The zero-order valence-corrected chi connectivity index (χ0v) is 57.0. The Balaban J connectivity index is 4.36. The van der Waals surface area contributed by atoms with Gasteiger partial charge in [0, 0.05) is 49.3 Å². The maximum absolute atomic E-state index is 15.2. The first kappa shape index (κ1) is 77.9. The van der Waals surface area contributed by atoms with Gasteiger partial charge in [0.05, 0.1) is 12.6 Å². The molecule has 0 spiro atoms. The van der Waals surface area contributed by atoms with E-state index in [1.165, 1.54) is 87.7 Å². The summed E-state index contributed by atoms with van der Waals surface area (Å²) in [6, 6.07) is -12.4. The fourth-order valence-electron chi connectivity index (χ4n) is 10.8. The lowest BCUT2D eigenvalue weighted by Crippen LogP contribution is -2.64. The molecule has 1 heterocycles. The third-order valence-electron chi connectivity index (χ3n) is 16.4. The van der Waals surface area contributed by atoms with Crippen LogP contribution in [0.1, 0.15) is 163 Å². The van der Waals surface area contributed by atoms with Gasteiger partial charge in [-0.25, -0.2) is 0 Å². The van der Waals surface area contributed by atoms with Crippen LogP contribution in [-0.2, 0) is 52.7 Å². The van der Waals surface area contributed by atoms with Crippen LogP contribution in [0.5, 0.6) is 0 Å². The average molecular weight is 1220 g/mol. The summed E-state index contributed by atoms with van der Waals surface area (Å²) in [5, 5.41) is 23.3. The van der Waals surface area contributed by atoms with Gasteiger partial charge in [0.2, 0.25) is 65.0 Å². The van der Waals surface area contributed by atoms with Crippen LogP contribution in [0.15, 0.2) is 12.2 Å². The standard InChI is InChI=1S/C63H113N11O12/c1-26-28-29-63(17,18)52(76)51-56(80)66-43(27-2)58(82)68(19)34-48(75)69(20)44(30-35(3)4)55(79)67-49(39(11)12)61(85)70(21)45(31-36(5)6)54(78)64-41(15)53(77)65-42(16)57(81)71(22)46(32-37(7)8)59(83)72(23)47(33-38(9)10)60(84)73(24)50(40(13)14)62(86)74(51)25/h26,28,35-47,49-52,76H,27,29-34H2,1-25H3,(H,64,78)(H,65,77)(H,66,80)(H,67,79)/b28-26+/t41-,42+,43-,44-,45-,46+,47-,49-,50-,51?,52-/m0/s1. The Hall–Kier alpha value is -6.13. The van der Waals surface area contributed by atoms with E-state index in [1.54, 1.807) is 61.5 Å². The molecule has 0 aliphatic carbocycles. The molecule has 5 N–H and O–H groups in total. The third kappa shape index (κ3) is 21.3.